The van der Waals surface area contributed by atoms with Gasteiger partial charge in [0.2, 0.25) is 5.91 Å². The van der Waals surface area contributed by atoms with Gasteiger partial charge in [-0.1, -0.05) is 19.1 Å². The molecule has 0 spiro atoms. The quantitative estimate of drug-likeness (QED) is 0.894. The van der Waals surface area contributed by atoms with Gasteiger partial charge in [-0.2, -0.15) is 13.2 Å². The number of carbonyl (C=O) groups excluding carboxylic acids is 1. The fourth-order valence-electron chi connectivity index (χ4n) is 1.79. The van der Waals surface area contributed by atoms with Crippen LogP contribution < -0.4 is 5.32 Å². The highest BCUT2D eigenvalue weighted by molar-refractivity contribution is 5.83. The average Bonchev–Trinajstić information content (AvgIpc) is 2.33. The van der Waals surface area contributed by atoms with Crippen molar-refractivity contribution >= 4 is 11.9 Å². The molecule has 0 aliphatic rings. The van der Waals surface area contributed by atoms with Gasteiger partial charge < -0.3 is 10.4 Å². The Labute approximate surface area is 113 Å². The summed E-state index contributed by atoms with van der Waals surface area (Å²) in [6.45, 7) is 2.70. The molecule has 0 fully saturated rings. The molecule has 1 aromatic rings. The van der Waals surface area contributed by atoms with E-state index >= 15 is 0 Å². The van der Waals surface area contributed by atoms with Gasteiger partial charge in [-0.3, -0.25) is 4.79 Å². The van der Waals surface area contributed by atoms with E-state index in [4.69, 9.17) is 5.11 Å². The molecule has 0 heterocycles. The normalized spacial score (nSPS) is 14.4. The van der Waals surface area contributed by atoms with E-state index in [1.54, 1.807) is 0 Å². The Morgan fingerprint density at radius 1 is 1.20 bits per heavy atom. The van der Waals surface area contributed by atoms with Crippen LogP contribution in [0.3, 0.4) is 0 Å². The van der Waals surface area contributed by atoms with Crippen molar-refractivity contribution in [2.24, 2.45) is 0 Å². The van der Waals surface area contributed by atoms with Gasteiger partial charge in [-0.05, 0) is 17.7 Å². The van der Waals surface area contributed by atoms with Crippen LogP contribution in [0.25, 0.3) is 0 Å². The molecule has 1 rings (SSSR count). The SMILES string of the molecule is CC(=O)N[C@@H](C(=O)O)[C@@H](C)c1ccc(C(F)(F)F)cc1. The molecule has 0 aliphatic carbocycles. The first kappa shape index (κ1) is 16.0. The van der Waals surface area contributed by atoms with Crippen molar-refractivity contribution in [3.63, 3.8) is 0 Å². The average molecular weight is 289 g/mol. The first-order valence-corrected chi connectivity index (χ1v) is 5.80. The molecule has 0 aromatic heterocycles. The molecule has 2 N–H and O–H groups in total. The highest BCUT2D eigenvalue weighted by atomic mass is 19.4. The zero-order chi connectivity index (χ0) is 15.5. The van der Waals surface area contributed by atoms with Crippen LogP contribution in [0.1, 0.15) is 30.9 Å². The summed E-state index contributed by atoms with van der Waals surface area (Å²) in [5.74, 6) is -2.41. The second-order valence-corrected chi connectivity index (χ2v) is 4.42. The fraction of sp³-hybridized carbons (Fsp3) is 0.385. The van der Waals surface area contributed by atoms with Gasteiger partial charge in [0.1, 0.15) is 6.04 Å². The maximum Gasteiger partial charge on any atom is 0.416 e. The van der Waals surface area contributed by atoms with Crippen LogP contribution >= 0.6 is 0 Å². The lowest BCUT2D eigenvalue weighted by molar-refractivity contribution is -0.142. The van der Waals surface area contributed by atoms with E-state index in [1.165, 1.54) is 26.0 Å². The number of hydrogen-bond acceptors (Lipinski definition) is 2. The number of carbonyl (C=O) groups is 2. The number of carboxylic acids is 1. The summed E-state index contributed by atoms with van der Waals surface area (Å²) in [5.41, 5.74) is -0.404. The Morgan fingerprint density at radius 2 is 1.70 bits per heavy atom. The Morgan fingerprint density at radius 3 is 2.05 bits per heavy atom. The molecule has 20 heavy (non-hydrogen) atoms. The molecule has 110 valence electrons. The predicted molar refractivity (Wildman–Crippen MR) is 65.1 cm³/mol. The van der Waals surface area contributed by atoms with Crippen molar-refractivity contribution in [1.82, 2.24) is 5.32 Å². The van der Waals surface area contributed by atoms with E-state index in [1.807, 2.05) is 0 Å². The van der Waals surface area contributed by atoms with Crippen LogP contribution in [-0.2, 0) is 15.8 Å². The molecular weight excluding hydrogens is 275 g/mol. The summed E-state index contributed by atoms with van der Waals surface area (Å²) < 4.78 is 37.3. The van der Waals surface area contributed by atoms with Crippen LogP contribution in [0.4, 0.5) is 13.2 Å². The summed E-state index contributed by atoms with van der Waals surface area (Å²) in [4.78, 5) is 22.0. The molecule has 0 saturated carbocycles. The van der Waals surface area contributed by atoms with E-state index in [0.29, 0.717) is 5.56 Å². The van der Waals surface area contributed by atoms with Crippen molar-refractivity contribution in [1.29, 1.82) is 0 Å². The number of rotatable bonds is 4. The van der Waals surface area contributed by atoms with Crippen LogP contribution in [-0.4, -0.2) is 23.0 Å². The Hall–Kier alpha value is -2.05. The number of halogens is 3. The Bertz CT molecular complexity index is 497. The summed E-state index contributed by atoms with van der Waals surface area (Å²) in [5, 5.41) is 11.3. The number of aliphatic carboxylic acids is 1. The van der Waals surface area contributed by atoms with E-state index in [-0.39, 0.29) is 0 Å². The van der Waals surface area contributed by atoms with Crippen molar-refractivity contribution in [3.05, 3.63) is 35.4 Å². The summed E-state index contributed by atoms with van der Waals surface area (Å²) >= 11 is 0. The minimum atomic E-state index is -4.44. The van der Waals surface area contributed by atoms with Gasteiger partial charge in [-0.25, -0.2) is 4.79 Å². The van der Waals surface area contributed by atoms with Gasteiger partial charge >= 0.3 is 12.1 Å². The smallest absolute Gasteiger partial charge is 0.416 e. The number of hydrogen-bond donors (Lipinski definition) is 2. The van der Waals surface area contributed by atoms with Crippen molar-refractivity contribution in [3.8, 4) is 0 Å². The van der Waals surface area contributed by atoms with E-state index in [2.05, 4.69) is 5.32 Å². The molecule has 0 unspecified atom stereocenters. The predicted octanol–water partition coefficient (Wildman–Crippen LogP) is 2.40. The molecule has 1 amide bonds. The second kappa shape index (κ2) is 5.94. The second-order valence-electron chi connectivity index (χ2n) is 4.42. The highest BCUT2D eigenvalue weighted by Crippen LogP contribution is 2.30. The third kappa shape index (κ3) is 3.97. The monoisotopic (exact) mass is 289 g/mol. The number of benzene rings is 1. The zero-order valence-electron chi connectivity index (χ0n) is 10.9. The first-order chi connectivity index (χ1) is 9.12. The first-order valence-electron chi connectivity index (χ1n) is 5.80. The summed E-state index contributed by atoms with van der Waals surface area (Å²) in [7, 11) is 0. The number of alkyl halides is 3. The molecule has 7 heteroatoms. The standard InChI is InChI=1S/C13H14F3NO3/c1-7(11(12(19)20)17-8(2)18)9-3-5-10(6-4-9)13(14,15)16/h3-7,11H,1-2H3,(H,17,18)(H,19,20)/t7-,11+/m0/s1. The Kier molecular flexibility index (Phi) is 4.75. The third-order valence-electron chi connectivity index (χ3n) is 2.89. The third-order valence-corrected chi connectivity index (χ3v) is 2.89. The minimum absolute atomic E-state index is 0.402. The van der Waals surface area contributed by atoms with Crippen LogP contribution in [0.5, 0.6) is 0 Å². The molecule has 1 aromatic carbocycles. The Balaban J connectivity index is 2.98. The van der Waals surface area contributed by atoms with E-state index in [9.17, 15) is 22.8 Å². The molecule has 2 atom stereocenters. The molecule has 0 radical (unpaired) electrons. The minimum Gasteiger partial charge on any atom is -0.480 e. The fourth-order valence-corrected chi connectivity index (χ4v) is 1.79. The van der Waals surface area contributed by atoms with Gasteiger partial charge in [0.25, 0.3) is 0 Å². The van der Waals surface area contributed by atoms with Crippen LogP contribution in [0, 0.1) is 0 Å². The molecule has 4 nitrogen and oxygen atoms in total. The number of amides is 1. The summed E-state index contributed by atoms with van der Waals surface area (Å²) in [6, 6.07) is 3.01. The van der Waals surface area contributed by atoms with Gasteiger partial charge in [0.05, 0.1) is 5.56 Å². The maximum absolute atomic E-state index is 12.4. The number of carboxylic acid groups (broad SMARTS) is 1. The van der Waals surface area contributed by atoms with Crippen LogP contribution in [0.2, 0.25) is 0 Å². The van der Waals surface area contributed by atoms with E-state index in [0.717, 1.165) is 12.1 Å². The highest BCUT2D eigenvalue weighted by Gasteiger charge is 2.31. The molecule has 0 bridgehead atoms. The summed E-state index contributed by atoms with van der Waals surface area (Å²) in [6.07, 6.45) is -4.44. The zero-order valence-corrected chi connectivity index (χ0v) is 10.9. The van der Waals surface area contributed by atoms with Crippen LogP contribution in [0.15, 0.2) is 24.3 Å². The topological polar surface area (TPSA) is 66.4 Å². The van der Waals surface area contributed by atoms with Gasteiger partial charge in [0, 0.05) is 12.8 Å². The van der Waals surface area contributed by atoms with Gasteiger partial charge in [0.15, 0.2) is 0 Å². The molecular formula is C13H14F3NO3. The lowest BCUT2D eigenvalue weighted by Crippen LogP contribution is -2.43. The lowest BCUT2D eigenvalue weighted by Gasteiger charge is -2.21. The largest absolute Gasteiger partial charge is 0.480 e. The van der Waals surface area contributed by atoms with Crippen molar-refractivity contribution in [2.75, 3.05) is 0 Å². The molecule has 0 aliphatic heterocycles. The van der Waals surface area contributed by atoms with E-state index < -0.39 is 35.6 Å². The lowest BCUT2D eigenvalue weighted by atomic mass is 9.92. The number of nitrogens with one attached hydrogen (secondary N) is 1. The maximum atomic E-state index is 12.4. The molecule has 0 saturated heterocycles. The van der Waals surface area contributed by atoms with Crippen molar-refractivity contribution < 1.29 is 27.9 Å². The van der Waals surface area contributed by atoms with Gasteiger partial charge in [-0.15, -0.1) is 0 Å². The van der Waals surface area contributed by atoms with Crippen molar-refractivity contribution in [2.45, 2.75) is 32.0 Å².